The molecule has 0 atom stereocenters. The molecule has 0 bridgehead atoms. The average Bonchev–Trinajstić information content (AvgIpc) is 3.08. The number of carbonyl (C=O) groups is 1. The molecular formula is C23H31N5O3. The zero-order valence-electron chi connectivity index (χ0n) is 18.9. The standard InChI is InChI=1S/C23H31N5O3/c1-6-13-27-20(30)18-19(26(22(27)31)14-12-24-16(2)29)25-21(23(3,4)5)28(18)15-17-10-8-7-9-11-17/h7-11H,6,12-15H2,1-5H3,(H,24,29). The molecule has 1 amide bonds. The predicted octanol–water partition coefficient (Wildman–Crippen LogP) is 2.25. The zero-order valence-corrected chi connectivity index (χ0v) is 18.9. The van der Waals surface area contributed by atoms with Crippen LogP contribution in [0.1, 0.15) is 52.4 Å². The summed E-state index contributed by atoms with van der Waals surface area (Å²) in [6.07, 6.45) is 0.658. The van der Waals surface area contributed by atoms with Gasteiger partial charge in [-0.2, -0.15) is 0 Å². The summed E-state index contributed by atoms with van der Waals surface area (Å²) in [5, 5.41) is 2.72. The fourth-order valence-corrected chi connectivity index (χ4v) is 3.75. The minimum atomic E-state index is -0.394. The molecule has 8 nitrogen and oxygen atoms in total. The van der Waals surface area contributed by atoms with E-state index in [9.17, 15) is 14.4 Å². The van der Waals surface area contributed by atoms with E-state index in [4.69, 9.17) is 4.98 Å². The number of hydrogen-bond donors (Lipinski definition) is 1. The van der Waals surface area contributed by atoms with Gasteiger partial charge in [-0.1, -0.05) is 58.0 Å². The highest BCUT2D eigenvalue weighted by molar-refractivity contribution is 5.73. The Morgan fingerprint density at radius 3 is 2.29 bits per heavy atom. The first kappa shape index (κ1) is 22.5. The molecule has 0 aliphatic heterocycles. The third-order valence-electron chi connectivity index (χ3n) is 5.13. The van der Waals surface area contributed by atoms with E-state index in [0.29, 0.717) is 30.7 Å². The molecule has 1 N–H and O–H groups in total. The van der Waals surface area contributed by atoms with Crippen molar-refractivity contribution < 1.29 is 4.79 Å². The van der Waals surface area contributed by atoms with Crippen LogP contribution in [0.2, 0.25) is 0 Å². The Bertz CT molecular complexity index is 1200. The number of amides is 1. The highest BCUT2D eigenvalue weighted by Crippen LogP contribution is 2.25. The summed E-state index contributed by atoms with van der Waals surface area (Å²) >= 11 is 0. The van der Waals surface area contributed by atoms with Gasteiger partial charge in [-0.15, -0.1) is 0 Å². The van der Waals surface area contributed by atoms with Crippen molar-refractivity contribution in [3.8, 4) is 0 Å². The number of carbonyl (C=O) groups excluding carboxylic acids is 1. The van der Waals surface area contributed by atoms with E-state index < -0.39 is 5.69 Å². The second kappa shape index (κ2) is 8.91. The molecule has 0 saturated heterocycles. The summed E-state index contributed by atoms with van der Waals surface area (Å²) in [6.45, 7) is 10.8. The summed E-state index contributed by atoms with van der Waals surface area (Å²) in [4.78, 5) is 42.7. The van der Waals surface area contributed by atoms with Gasteiger partial charge >= 0.3 is 5.69 Å². The molecule has 0 radical (unpaired) electrons. The number of rotatable bonds is 7. The van der Waals surface area contributed by atoms with E-state index in [2.05, 4.69) is 5.32 Å². The van der Waals surface area contributed by atoms with Crippen LogP contribution >= 0.6 is 0 Å². The lowest BCUT2D eigenvalue weighted by Crippen LogP contribution is -2.42. The topological polar surface area (TPSA) is 90.9 Å². The van der Waals surface area contributed by atoms with Crippen molar-refractivity contribution >= 4 is 17.1 Å². The molecule has 0 aliphatic carbocycles. The van der Waals surface area contributed by atoms with Gasteiger partial charge in [0.05, 0.1) is 0 Å². The lowest BCUT2D eigenvalue weighted by Gasteiger charge is -2.20. The van der Waals surface area contributed by atoms with Crippen LogP contribution in [0.5, 0.6) is 0 Å². The van der Waals surface area contributed by atoms with E-state index >= 15 is 0 Å². The van der Waals surface area contributed by atoms with Gasteiger partial charge in [-0.3, -0.25) is 18.7 Å². The van der Waals surface area contributed by atoms with Crippen LogP contribution in [0.4, 0.5) is 0 Å². The fourth-order valence-electron chi connectivity index (χ4n) is 3.75. The largest absolute Gasteiger partial charge is 0.355 e. The third kappa shape index (κ3) is 4.62. The highest BCUT2D eigenvalue weighted by atomic mass is 16.2. The first-order chi connectivity index (χ1) is 14.6. The molecule has 2 aromatic heterocycles. The Labute approximate surface area is 181 Å². The number of hydrogen-bond acceptors (Lipinski definition) is 4. The van der Waals surface area contributed by atoms with Crippen LogP contribution in [0.25, 0.3) is 11.2 Å². The predicted molar refractivity (Wildman–Crippen MR) is 121 cm³/mol. The molecule has 3 rings (SSSR count). The summed E-state index contributed by atoms with van der Waals surface area (Å²) in [7, 11) is 0. The molecule has 166 valence electrons. The summed E-state index contributed by atoms with van der Waals surface area (Å²) in [5.74, 6) is 0.571. The van der Waals surface area contributed by atoms with Gasteiger partial charge in [0.15, 0.2) is 11.2 Å². The first-order valence-corrected chi connectivity index (χ1v) is 10.7. The van der Waals surface area contributed by atoms with E-state index in [1.807, 2.05) is 62.6 Å². The third-order valence-corrected chi connectivity index (χ3v) is 5.13. The van der Waals surface area contributed by atoms with Crippen LogP contribution in [-0.2, 0) is 29.8 Å². The van der Waals surface area contributed by atoms with Gasteiger partial charge < -0.3 is 9.88 Å². The molecule has 0 saturated carbocycles. The number of imidazole rings is 1. The molecule has 0 unspecified atom stereocenters. The van der Waals surface area contributed by atoms with E-state index in [0.717, 1.165) is 11.4 Å². The van der Waals surface area contributed by atoms with E-state index in [1.54, 1.807) is 0 Å². The van der Waals surface area contributed by atoms with Crippen LogP contribution in [0.3, 0.4) is 0 Å². The maximum absolute atomic E-state index is 13.4. The van der Waals surface area contributed by atoms with Crippen molar-refractivity contribution in [3.63, 3.8) is 0 Å². The Hall–Kier alpha value is -3.16. The minimum absolute atomic E-state index is 0.170. The molecule has 8 heteroatoms. The molecular weight excluding hydrogens is 394 g/mol. The maximum atomic E-state index is 13.4. The normalized spacial score (nSPS) is 11.8. The Morgan fingerprint density at radius 2 is 1.71 bits per heavy atom. The SMILES string of the molecule is CCCn1c(=O)c2c(nc(C(C)(C)C)n2Cc2ccccc2)n(CCNC(C)=O)c1=O. The molecule has 31 heavy (non-hydrogen) atoms. The van der Waals surface area contributed by atoms with E-state index in [1.165, 1.54) is 16.1 Å². The molecule has 3 aromatic rings. The number of aromatic nitrogens is 4. The first-order valence-electron chi connectivity index (χ1n) is 10.7. The number of benzene rings is 1. The van der Waals surface area contributed by atoms with Gasteiger partial charge in [0.1, 0.15) is 5.82 Å². The Balaban J connectivity index is 2.32. The maximum Gasteiger partial charge on any atom is 0.332 e. The quantitative estimate of drug-likeness (QED) is 0.629. The summed E-state index contributed by atoms with van der Waals surface area (Å²) < 4.78 is 4.73. The number of nitrogens with zero attached hydrogens (tertiary/aromatic N) is 4. The monoisotopic (exact) mass is 425 g/mol. The zero-order chi connectivity index (χ0) is 22.8. The fraction of sp³-hybridized carbons (Fsp3) is 0.478. The van der Waals surface area contributed by atoms with Crippen LogP contribution in [0, 0.1) is 0 Å². The van der Waals surface area contributed by atoms with Gasteiger partial charge in [-0.05, 0) is 12.0 Å². The van der Waals surface area contributed by atoms with Crippen molar-refractivity contribution in [3.05, 3.63) is 62.6 Å². The second-order valence-corrected chi connectivity index (χ2v) is 8.80. The van der Waals surface area contributed by atoms with Gasteiger partial charge in [0.25, 0.3) is 5.56 Å². The smallest absolute Gasteiger partial charge is 0.332 e. The Morgan fingerprint density at radius 1 is 1.03 bits per heavy atom. The highest BCUT2D eigenvalue weighted by Gasteiger charge is 2.27. The number of nitrogens with one attached hydrogen (secondary N) is 1. The molecule has 2 heterocycles. The van der Waals surface area contributed by atoms with Crippen molar-refractivity contribution in [1.29, 1.82) is 0 Å². The molecule has 0 spiro atoms. The number of fused-ring (bicyclic) bond motifs is 1. The minimum Gasteiger partial charge on any atom is -0.355 e. The molecule has 0 fully saturated rings. The lowest BCUT2D eigenvalue weighted by atomic mass is 9.95. The van der Waals surface area contributed by atoms with Crippen molar-refractivity contribution in [2.75, 3.05) is 6.54 Å². The van der Waals surface area contributed by atoms with Crippen molar-refractivity contribution in [2.24, 2.45) is 0 Å². The van der Waals surface area contributed by atoms with Crippen LogP contribution in [-0.4, -0.2) is 31.1 Å². The Kier molecular flexibility index (Phi) is 6.48. The van der Waals surface area contributed by atoms with Crippen molar-refractivity contribution in [2.45, 2.75) is 66.1 Å². The summed E-state index contributed by atoms with van der Waals surface area (Å²) in [6, 6.07) is 9.90. The van der Waals surface area contributed by atoms with E-state index in [-0.39, 0.29) is 30.0 Å². The molecule has 1 aromatic carbocycles. The van der Waals surface area contributed by atoms with Crippen LogP contribution < -0.4 is 16.6 Å². The van der Waals surface area contributed by atoms with Crippen LogP contribution in [0.15, 0.2) is 39.9 Å². The van der Waals surface area contributed by atoms with Gasteiger partial charge in [0.2, 0.25) is 5.91 Å². The van der Waals surface area contributed by atoms with Crippen molar-refractivity contribution in [1.82, 2.24) is 24.0 Å². The summed E-state index contributed by atoms with van der Waals surface area (Å²) in [5.41, 5.74) is 0.781. The lowest BCUT2D eigenvalue weighted by molar-refractivity contribution is -0.118. The molecule has 0 aliphatic rings. The van der Waals surface area contributed by atoms with Gasteiger partial charge in [0, 0.05) is 38.5 Å². The second-order valence-electron chi connectivity index (χ2n) is 8.80. The average molecular weight is 426 g/mol. The van der Waals surface area contributed by atoms with Gasteiger partial charge in [-0.25, -0.2) is 9.78 Å².